The van der Waals surface area contributed by atoms with E-state index in [1.165, 1.54) is 6.07 Å². The van der Waals surface area contributed by atoms with Crippen LogP contribution in [0.5, 0.6) is 5.75 Å². The number of phenols is 1. The standard InChI is InChI=1S/C10H10O3.C2H4O.W/c1-2-10(12)13-7-8-4-3-5-9(11)6-8;1-2-3;/h2-6,11H,1,7H2;2-3H,1H2;. The Morgan fingerprint density at radius 1 is 1.41 bits per heavy atom. The zero-order chi connectivity index (χ0) is 12.4. The maximum absolute atomic E-state index is 10.7. The van der Waals surface area contributed by atoms with E-state index in [2.05, 4.69) is 13.2 Å². The van der Waals surface area contributed by atoms with E-state index in [1.54, 1.807) is 18.2 Å². The number of aliphatic hydroxyl groups excluding tert-OH is 1. The summed E-state index contributed by atoms with van der Waals surface area (Å²) in [5.74, 6) is -0.310. The molecule has 0 bridgehead atoms. The first-order valence-corrected chi connectivity index (χ1v) is 4.46. The molecule has 1 rings (SSSR count). The average molecular weight is 406 g/mol. The van der Waals surface area contributed by atoms with E-state index in [9.17, 15) is 4.79 Å². The number of carbonyl (C=O) groups excluding carboxylic acids is 1. The van der Waals surface area contributed by atoms with Gasteiger partial charge in [-0.15, -0.1) is 0 Å². The van der Waals surface area contributed by atoms with Gasteiger partial charge in [0.25, 0.3) is 0 Å². The van der Waals surface area contributed by atoms with Gasteiger partial charge in [0.2, 0.25) is 0 Å². The Kier molecular flexibility index (Phi) is 11.5. The summed E-state index contributed by atoms with van der Waals surface area (Å²) in [6, 6.07) is 6.54. The first-order valence-electron chi connectivity index (χ1n) is 4.46. The van der Waals surface area contributed by atoms with Crippen LogP contribution in [0.2, 0.25) is 0 Å². The number of phenolic OH excluding ortho intramolecular Hbond substituents is 1. The molecule has 1 aromatic carbocycles. The summed E-state index contributed by atoms with van der Waals surface area (Å²) in [6.07, 6.45) is 1.85. The predicted molar refractivity (Wildman–Crippen MR) is 60.9 cm³/mol. The molecule has 0 aliphatic heterocycles. The summed E-state index contributed by atoms with van der Waals surface area (Å²) < 4.78 is 4.76. The van der Waals surface area contributed by atoms with Crippen molar-refractivity contribution in [1.82, 2.24) is 0 Å². The Morgan fingerprint density at radius 2 is 2.00 bits per heavy atom. The van der Waals surface area contributed by atoms with Crippen molar-refractivity contribution in [1.29, 1.82) is 0 Å². The summed E-state index contributed by atoms with van der Waals surface area (Å²) in [7, 11) is 0. The molecule has 0 radical (unpaired) electrons. The minimum absolute atomic E-state index is 0. The molecule has 0 aliphatic rings. The average Bonchev–Trinajstić information content (AvgIpc) is 2.27. The summed E-state index contributed by atoms with van der Waals surface area (Å²) in [5.41, 5.74) is 0.746. The molecule has 0 fully saturated rings. The van der Waals surface area contributed by atoms with Crippen molar-refractivity contribution >= 4 is 5.97 Å². The monoisotopic (exact) mass is 406 g/mol. The third kappa shape index (κ3) is 9.39. The Balaban J connectivity index is 0. The fourth-order valence-corrected chi connectivity index (χ4v) is 0.860. The minimum Gasteiger partial charge on any atom is -0.516 e. The van der Waals surface area contributed by atoms with Gasteiger partial charge in [-0.05, 0) is 17.7 Å². The molecule has 0 saturated carbocycles. The van der Waals surface area contributed by atoms with Gasteiger partial charge in [0.15, 0.2) is 0 Å². The smallest absolute Gasteiger partial charge is 0.330 e. The van der Waals surface area contributed by atoms with Gasteiger partial charge in [-0.1, -0.05) is 25.3 Å². The molecule has 0 aromatic heterocycles. The van der Waals surface area contributed by atoms with Gasteiger partial charge in [-0.25, -0.2) is 4.79 Å². The number of benzene rings is 1. The fourth-order valence-electron chi connectivity index (χ4n) is 0.860. The Hall–Kier alpha value is -1.54. The molecule has 4 nitrogen and oxygen atoms in total. The largest absolute Gasteiger partial charge is 0.516 e. The van der Waals surface area contributed by atoms with E-state index in [0.717, 1.165) is 17.9 Å². The fraction of sp³-hybridized carbons (Fsp3) is 0.0833. The van der Waals surface area contributed by atoms with E-state index >= 15 is 0 Å². The van der Waals surface area contributed by atoms with Crippen LogP contribution in [0, 0.1) is 0 Å². The van der Waals surface area contributed by atoms with Crippen LogP contribution in [0.1, 0.15) is 5.56 Å². The predicted octanol–water partition coefficient (Wildman–Crippen LogP) is 2.31. The van der Waals surface area contributed by atoms with Crippen molar-refractivity contribution in [3.8, 4) is 5.75 Å². The summed E-state index contributed by atoms with van der Waals surface area (Å²) in [4.78, 5) is 10.7. The van der Waals surface area contributed by atoms with Gasteiger partial charge in [0, 0.05) is 27.1 Å². The molecular weight excluding hydrogens is 392 g/mol. The van der Waals surface area contributed by atoms with E-state index < -0.39 is 5.97 Å². The van der Waals surface area contributed by atoms with Gasteiger partial charge < -0.3 is 14.9 Å². The van der Waals surface area contributed by atoms with Crippen LogP contribution in [-0.2, 0) is 37.2 Å². The SMILES string of the molecule is C=CC(=O)OCc1cccc(O)c1.C=CO.[W]. The van der Waals surface area contributed by atoms with Gasteiger partial charge in [-0.2, -0.15) is 0 Å². The van der Waals surface area contributed by atoms with Crippen LogP contribution in [0.15, 0.2) is 49.8 Å². The van der Waals surface area contributed by atoms with Crippen molar-refractivity contribution in [3.05, 3.63) is 55.3 Å². The molecule has 0 aliphatic carbocycles. The van der Waals surface area contributed by atoms with Crippen molar-refractivity contribution < 1.29 is 40.8 Å². The van der Waals surface area contributed by atoms with Crippen LogP contribution in [0.4, 0.5) is 0 Å². The molecule has 17 heavy (non-hydrogen) atoms. The molecule has 0 unspecified atom stereocenters. The number of aliphatic hydroxyl groups is 1. The third-order valence-corrected chi connectivity index (χ3v) is 1.46. The summed E-state index contributed by atoms with van der Waals surface area (Å²) >= 11 is 0. The van der Waals surface area contributed by atoms with Crippen molar-refractivity contribution in [2.75, 3.05) is 0 Å². The van der Waals surface area contributed by atoms with Gasteiger partial charge in [0.05, 0.1) is 6.26 Å². The third-order valence-electron chi connectivity index (χ3n) is 1.46. The van der Waals surface area contributed by atoms with Crippen LogP contribution >= 0.6 is 0 Å². The number of ether oxygens (including phenoxy) is 1. The molecule has 0 amide bonds. The molecule has 1 aromatic rings. The molecular formula is C12H14O4W. The Morgan fingerprint density at radius 3 is 2.47 bits per heavy atom. The molecule has 0 spiro atoms. The second-order valence-corrected chi connectivity index (χ2v) is 2.66. The van der Waals surface area contributed by atoms with Crippen LogP contribution in [0.3, 0.4) is 0 Å². The quantitative estimate of drug-likeness (QED) is 0.460. The van der Waals surface area contributed by atoms with Crippen LogP contribution in [0.25, 0.3) is 0 Å². The van der Waals surface area contributed by atoms with Crippen LogP contribution < -0.4 is 0 Å². The molecule has 0 saturated heterocycles. The van der Waals surface area contributed by atoms with E-state index in [1.807, 2.05) is 0 Å². The number of carbonyl (C=O) groups is 1. The summed E-state index contributed by atoms with van der Waals surface area (Å²) in [5, 5.41) is 16.4. The second kappa shape index (κ2) is 11.0. The number of esters is 1. The normalized spacial score (nSPS) is 7.76. The Labute approximate surface area is 114 Å². The zero-order valence-electron chi connectivity index (χ0n) is 9.20. The number of aromatic hydroxyl groups is 1. The topological polar surface area (TPSA) is 66.8 Å². The van der Waals surface area contributed by atoms with Gasteiger partial charge in [0.1, 0.15) is 12.4 Å². The van der Waals surface area contributed by atoms with Crippen molar-refractivity contribution in [3.63, 3.8) is 0 Å². The summed E-state index contributed by atoms with van der Waals surface area (Å²) in [6.45, 7) is 6.34. The molecule has 5 heteroatoms. The molecule has 0 atom stereocenters. The van der Waals surface area contributed by atoms with Gasteiger partial charge in [-0.3, -0.25) is 0 Å². The molecule has 2 N–H and O–H groups in total. The Bertz CT molecular complexity index is 363. The first kappa shape index (κ1) is 17.8. The number of hydrogen-bond donors (Lipinski definition) is 2. The zero-order valence-corrected chi connectivity index (χ0v) is 12.1. The van der Waals surface area contributed by atoms with Crippen molar-refractivity contribution in [2.45, 2.75) is 6.61 Å². The van der Waals surface area contributed by atoms with E-state index in [4.69, 9.17) is 14.9 Å². The van der Waals surface area contributed by atoms with Crippen LogP contribution in [-0.4, -0.2) is 16.2 Å². The first-order chi connectivity index (χ1) is 7.63. The number of rotatable bonds is 3. The molecule has 0 heterocycles. The second-order valence-electron chi connectivity index (χ2n) is 2.66. The number of hydrogen-bond acceptors (Lipinski definition) is 4. The molecule has 92 valence electrons. The maximum atomic E-state index is 10.7. The van der Waals surface area contributed by atoms with E-state index in [0.29, 0.717) is 0 Å². The van der Waals surface area contributed by atoms with Crippen molar-refractivity contribution in [2.24, 2.45) is 0 Å². The van der Waals surface area contributed by atoms with E-state index in [-0.39, 0.29) is 33.4 Å². The van der Waals surface area contributed by atoms with Gasteiger partial charge >= 0.3 is 5.97 Å². The maximum Gasteiger partial charge on any atom is 0.330 e. The minimum atomic E-state index is -0.469.